The summed E-state index contributed by atoms with van der Waals surface area (Å²) in [5, 5.41) is 3.56. The molecule has 0 spiro atoms. The number of carbonyl (C=O) groups excluding carboxylic acids is 1. The number of nitrogens with one attached hydrogen (secondary N) is 1. The third kappa shape index (κ3) is 2.41. The summed E-state index contributed by atoms with van der Waals surface area (Å²) in [5.74, 6) is -0.654. The van der Waals surface area contributed by atoms with Crippen molar-refractivity contribution in [1.82, 2.24) is 0 Å². The minimum atomic E-state index is -0.554. The molecule has 0 aliphatic carbocycles. The molecule has 1 N–H and O–H groups in total. The minimum absolute atomic E-state index is 0.0915. The molecule has 0 aromatic heterocycles. The Kier molecular flexibility index (Phi) is 3.45. The number of hydrogen-bond donors (Lipinski definition) is 1. The highest BCUT2D eigenvalue weighted by Crippen LogP contribution is 2.34. The molecule has 102 valence electrons. The van der Waals surface area contributed by atoms with Crippen molar-refractivity contribution < 1.29 is 9.18 Å². The standard InChI is InChI=1S/C16H13ClFNO/c17-11-5-6-13(14(18)8-11)16(20)7-10-9-19-15-4-2-1-3-12(10)15/h1-6,8,10,19H,7,9H2. The Hall–Kier alpha value is -1.87. The largest absolute Gasteiger partial charge is 0.384 e. The number of hydrogen-bond acceptors (Lipinski definition) is 2. The molecule has 0 saturated carbocycles. The lowest BCUT2D eigenvalue weighted by Crippen LogP contribution is -2.10. The average Bonchev–Trinajstić information content (AvgIpc) is 2.82. The first-order valence-corrected chi connectivity index (χ1v) is 6.84. The summed E-state index contributed by atoms with van der Waals surface area (Å²) in [6.45, 7) is 0.709. The zero-order valence-electron chi connectivity index (χ0n) is 10.7. The fraction of sp³-hybridized carbons (Fsp3) is 0.188. The molecule has 1 unspecified atom stereocenters. The number of anilines is 1. The predicted molar refractivity (Wildman–Crippen MR) is 78.0 cm³/mol. The van der Waals surface area contributed by atoms with Crippen LogP contribution in [0.4, 0.5) is 10.1 Å². The molecular formula is C16H13ClFNO. The second-order valence-corrected chi connectivity index (χ2v) is 5.35. The van der Waals surface area contributed by atoms with Crippen molar-refractivity contribution in [3.63, 3.8) is 0 Å². The van der Waals surface area contributed by atoms with Gasteiger partial charge in [-0.25, -0.2) is 4.39 Å². The highest BCUT2D eigenvalue weighted by atomic mass is 35.5. The number of para-hydroxylation sites is 1. The molecular weight excluding hydrogens is 277 g/mol. The van der Waals surface area contributed by atoms with Gasteiger partial charge in [0.1, 0.15) is 5.82 Å². The molecule has 2 nitrogen and oxygen atoms in total. The van der Waals surface area contributed by atoms with Gasteiger partial charge in [0.15, 0.2) is 5.78 Å². The number of carbonyl (C=O) groups is 1. The SMILES string of the molecule is O=C(CC1CNc2ccccc21)c1ccc(Cl)cc1F. The van der Waals surface area contributed by atoms with Gasteiger partial charge in [0.25, 0.3) is 0 Å². The van der Waals surface area contributed by atoms with Gasteiger partial charge >= 0.3 is 0 Å². The van der Waals surface area contributed by atoms with E-state index in [1.165, 1.54) is 12.1 Å². The summed E-state index contributed by atoms with van der Waals surface area (Å²) in [7, 11) is 0. The van der Waals surface area contributed by atoms with Crippen molar-refractivity contribution >= 4 is 23.1 Å². The normalized spacial score (nSPS) is 16.6. The summed E-state index contributed by atoms with van der Waals surface area (Å²) in [6.07, 6.45) is 0.294. The van der Waals surface area contributed by atoms with Gasteiger partial charge < -0.3 is 5.32 Å². The van der Waals surface area contributed by atoms with Gasteiger partial charge in [-0.15, -0.1) is 0 Å². The van der Waals surface area contributed by atoms with Crippen molar-refractivity contribution in [1.29, 1.82) is 0 Å². The predicted octanol–water partition coefficient (Wildman–Crippen LogP) is 4.26. The van der Waals surface area contributed by atoms with E-state index in [9.17, 15) is 9.18 Å². The van der Waals surface area contributed by atoms with Crippen molar-refractivity contribution in [2.75, 3.05) is 11.9 Å². The molecule has 2 aromatic rings. The number of halogens is 2. The van der Waals surface area contributed by atoms with E-state index in [2.05, 4.69) is 5.32 Å². The van der Waals surface area contributed by atoms with Gasteiger partial charge in [0.2, 0.25) is 0 Å². The molecule has 0 radical (unpaired) electrons. The quantitative estimate of drug-likeness (QED) is 0.855. The smallest absolute Gasteiger partial charge is 0.166 e. The molecule has 1 heterocycles. The Balaban J connectivity index is 1.81. The van der Waals surface area contributed by atoms with E-state index in [0.717, 1.165) is 11.3 Å². The maximum absolute atomic E-state index is 13.7. The van der Waals surface area contributed by atoms with E-state index in [1.54, 1.807) is 6.07 Å². The second kappa shape index (κ2) is 5.25. The Bertz CT molecular complexity index is 671. The third-order valence-electron chi connectivity index (χ3n) is 3.60. The zero-order valence-corrected chi connectivity index (χ0v) is 11.5. The van der Waals surface area contributed by atoms with Gasteiger partial charge in [-0.3, -0.25) is 4.79 Å². The molecule has 0 fully saturated rings. The minimum Gasteiger partial charge on any atom is -0.384 e. The summed E-state index contributed by atoms with van der Waals surface area (Å²) in [5.41, 5.74) is 2.29. The zero-order chi connectivity index (χ0) is 14.1. The van der Waals surface area contributed by atoms with E-state index in [1.807, 2.05) is 24.3 Å². The Morgan fingerprint density at radius 3 is 2.90 bits per heavy atom. The molecule has 20 heavy (non-hydrogen) atoms. The van der Waals surface area contributed by atoms with Crippen LogP contribution in [0, 0.1) is 5.82 Å². The molecule has 2 aromatic carbocycles. The van der Waals surface area contributed by atoms with Gasteiger partial charge in [-0.2, -0.15) is 0 Å². The monoisotopic (exact) mass is 289 g/mol. The molecule has 0 amide bonds. The lowest BCUT2D eigenvalue weighted by molar-refractivity contribution is 0.0972. The Morgan fingerprint density at radius 1 is 1.30 bits per heavy atom. The first kappa shape index (κ1) is 13.1. The summed E-state index contributed by atoms with van der Waals surface area (Å²) < 4.78 is 13.7. The van der Waals surface area contributed by atoms with Crippen molar-refractivity contribution in [2.45, 2.75) is 12.3 Å². The highest BCUT2D eigenvalue weighted by Gasteiger charge is 2.25. The van der Waals surface area contributed by atoms with Crippen LogP contribution in [0.1, 0.15) is 28.3 Å². The van der Waals surface area contributed by atoms with Crippen LogP contribution in [0.15, 0.2) is 42.5 Å². The topological polar surface area (TPSA) is 29.1 Å². The molecule has 1 atom stereocenters. The van der Waals surface area contributed by atoms with Crippen LogP contribution in [0.2, 0.25) is 5.02 Å². The third-order valence-corrected chi connectivity index (χ3v) is 3.84. The van der Waals surface area contributed by atoms with Gasteiger partial charge in [0.05, 0.1) is 5.56 Å². The van der Waals surface area contributed by atoms with Crippen molar-refractivity contribution in [3.8, 4) is 0 Å². The number of Topliss-reactive ketones (excluding diaryl/α,β-unsaturated/α-hetero) is 1. The van der Waals surface area contributed by atoms with Gasteiger partial charge in [0, 0.05) is 29.6 Å². The molecule has 3 rings (SSSR count). The van der Waals surface area contributed by atoms with Gasteiger partial charge in [-0.05, 0) is 29.8 Å². The van der Waals surface area contributed by atoms with Crippen LogP contribution >= 0.6 is 11.6 Å². The first-order valence-electron chi connectivity index (χ1n) is 6.46. The van der Waals surface area contributed by atoms with Crippen molar-refractivity contribution in [3.05, 3.63) is 64.4 Å². The number of benzene rings is 2. The van der Waals surface area contributed by atoms with E-state index >= 15 is 0 Å². The first-order chi connectivity index (χ1) is 9.65. The van der Waals surface area contributed by atoms with Crippen molar-refractivity contribution in [2.24, 2.45) is 0 Å². The van der Waals surface area contributed by atoms with Crippen LogP contribution in [0.3, 0.4) is 0 Å². The number of ketones is 1. The fourth-order valence-corrected chi connectivity index (χ4v) is 2.75. The maximum atomic E-state index is 13.7. The molecule has 0 bridgehead atoms. The Labute approximate surface area is 121 Å². The molecule has 0 saturated heterocycles. The fourth-order valence-electron chi connectivity index (χ4n) is 2.59. The molecule has 1 aliphatic rings. The highest BCUT2D eigenvalue weighted by molar-refractivity contribution is 6.30. The van der Waals surface area contributed by atoms with E-state index < -0.39 is 5.82 Å². The lowest BCUT2D eigenvalue weighted by atomic mass is 9.93. The summed E-state index contributed by atoms with van der Waals surface area (Å²) >= 11 is 5.70. The van der Waals surface area contributed by atoms with Crippen LogP contribution in [-0.4, -0.2) is 12.3 Å². The summed E-state index contributed by atoms with van der Waals surface area (Å²) in [6, 6.07) is 12.1. The molecule has 4 heteroatoms. The van der Waals surface area contributed by atoms with Crippen LogP contribution in [0.25, 0.3) is 0 Å². The number of fused-ring (bicyclic) bond motifs is 1. The second-order valence-electron chi connectivity index (χ2n) is 4.92. The number of rotatable bonds is 3. The van der Waals surface area contributed by atoms with E-state index in [0.29, 0.717) is 18.0 Å². The maximum Gasteiger partial charge on any atom is 0.166 e. The summed E-state index contributed by atoms with van der Waals surface area (Å²) in [4.78, 5) is 12.2. The lowest BCUT2D eigenvalue weighted by Gasteiger charge is -2.10. The van der Waals surface area contributed by atoms with Gasteiger partial charge in [-0.1, -0.05) is 29.8 Å². The van der Waals surface area contributed by atoms with E-state index in [-0.39, 0.29) is 17.3 Å². The average molecular weight is 290 g/mol. The van der Waals surface area contributed by atoms with Crippen LogP contribution in [0.5, 0.6) is 0 Å². The Morgan fingerprint density at radius 2 is 2.10 bits per heavy atom. The van der Waals surface area contributed by atoms with E-state index in [4.69, 9.17) is 11.6 Å². The van der Waals surface area contributed by atoms with Crippen LogP contribution in [-0.2, 0) is 0 Å². The molecule has 1 aliphatic heterocycles. The van der Waals surface area contributed by atoms with Crippen LogP contribution < -0.4 is 5.32 Å².